The third-order valence-corrected chi connectivity index (χ3v) is 5.19. The van der Waals surface area contributed by atoms with Crippen molar-refractivity contribution in [1.82, 2.24) is 5.32 Å². The van der Waals surface area contributed by atoms with Crippen LogP contribution in [0.2, 0.25) is 0 Å². The predicted molar refractivity (Wildman–Crippen MR) is 93.2 cm³/mol. The maximum atomic E-state index is 12.4. The molecule has 3 rings (SSSR count). The normalized spacial score (nSPS) is 15.4. The fourth-order valence-electron chi connectivity index (χ4n) is 2.60. The van der Waals surface area contributed by atoms with Gasteiger partial charge in [-0.15, -0.1) is 0 Å². The number of anilines is 3. The van der Waals surface area contributed by atoms with Gasteiger partial charge in [0.2, 0.25) is 0 Å². The minimum absolute atomic E-state index is 0.237. The molecule has 0 bridgehead atoms. The molecule has 1 fully saturated rings. The zero-order valence-corrected chi connectivity index (χ0v) is 13.5. The highest BCUT2D eigenvalue weighted by atomic mass is 32.2. The van der Waals surface area contributed by atoms with Crippen molar-refractivity contribution in [3.05, 3.63) is 48.5 Å². The molecule has 0 aromatic heterocycles. The van der Waals surface area contributed by atoms with Gasteiger partial charge in [0.1, 0.15) is 0 Å². The van der Waals surface area contributed by atoms with Gasteiger partial charge in [-0.1, -0.05) is 18.2 Å². The number of sulfonamides is 1. The Morgan fingerprint density at radius 1 is 1.04 bits per heavy atom. The van der Waals surface area contributed by atoms with Crippen molar-refractivity contribution in [1.29, 1.82) is 0 Å². The van der Waals surface area contributed by atoms with Gasteiger partial charge in [-0.3, -0.25) is 4.72 Å². The summed E-state index contributed by atoms with van der Waals surface area (Å²) in [4.78, 5) is 2.40. The first kappa shape index (κ1) is 15.6. The lowest BCUT2D eigenvalue weighted by atomic mass is 10.2. The quantitative estimate of drug-likeness (QED) is 0.738. The second-order valence-corrected chi connectivity index (χ2v) is 7.11. The highest BCUT2D eigenvalue weighted by molar-refractivity contribution is 7.92. The molecule has 2 aromatic carbocycles. The van der Waals surface area contributed by atoms with Crippen molar-refractivity contribution in [3.8, 4) is 0 Å². The molecule has 6 nitrogen and oxygen atoms in total. The first-order valence-electron chi connectivity index (χ1n) is 7.49. The third kappa shape index (κ3) is 3.57. The zero-order valence-electron chi connectivity index (χ0n) is 12.7. The van der Waals surface area contributed by atoms with Crippen molar-refractivity contribution >= 4 is 27.1 Å². The van der Waals surface area contributed by atoms with Crippen LogP contribution in [0.25, 0.3) is 0 Å². The van der Waals surface area contributed by atoms with Gasteiger partial charge in [0.05, 0.1) is 22.0 Å². The summed E-state index contributed by atoms with van der Waals surface area (Å²) < 4.78 is 27.4. The molecule has 0 saturated carbocycles. The summed E-state index contributed by atoms with van der Waals surface area (Å²) in [5, 5.41) is 3.28. The van der Waals surface area contributed by atoms with Crippen LogP contribution in [-0.2, 0) is 10.0 Å². The summed E-state index contributed by atoms with van der Waals surface area (Å²) in [5.74, 6) is 0. The Kier molecular flexibility index (Phi) is 4.40. The van der Waals surface area contributed by atoms with Crippen molar-refractivity contribution in [2.45, 2.75) is 4.90 Å². The first-order chi connectivity index (χ1) is 11.1. The Labute approximate surface area is 136 Å². The van der Waals surface area contributed by atoms with Gasteiger partial charge >= 0.3 is 0 Å². The SMILES string of the molecule is Nc1ccc(NS(=O)(=O)c2ccccc2)cc1N1CCNCC1. The molecule has 23 heavy (non-hydrogen) atoms. The zero-order chi connectivity index (χ0) is 16.3. The average molecular weight is 332 g/mol. The number of piperazine rings is 1. The molecule has 0 aliphatic carbocycles. The lowest BCUT2D eigenvalue weighted by Crippen LogP contribution is -2.43. The third-order valence-electron chi connectivity index (χ3n) is 3.79. The molecule has 2 aromatic rings. The summed E-state index contributed by atoms with van der Waals surface area (Å²) in [6, 6.07) is 13.5. The number of nitrogen functional groups attached to an aromatic ring is 1. The van der Waals surface area contributed by atoms with E-state index in [9.17, 15) is 8.42 Å². The Bertz CT molecular complexity index is 772. The molecule has 0 spiro atoms. The highest BCUT2D eigenvalue weighted by Gasteiger charge is 2.17. The van der Waals surface area contributed by atoms with Gasteiger partial charge in [-0.2, -0.15) is 0 Å². The van der Waals surface area contributed by atoms with E-state index in [0.717, 1.165) is 31.9 Å². The van der Waals surface area contributed by atoms with Gasteiger partial charge in [0, 0.05) is 26.2 Å². The monoisotopic (exact) mass is 332 g/mol. The molecule has 1 aliphatic heterocycles. The van der Waals surface area contributed by atoms with Crippen LogP contribution in [0.15, 0.2) is 53.4 Å². The molecule has 0 atom stereocenters. The fourth-order valence-corrected chi connectivity index (χ4v) is 3.67. The minimum atomic E-state index is -3.60. The number of nitrogens with one attached hydrogen (secondary N) is 2. The van der Waals surface area contributed by atoms with E-state index in [-0.39, 0.29) is 4.90 Å². The molecule has 122 valence electrons. The smallest absolute Gasteiger partial charge is 0.261 e. The van der Waals surface area contributed by atoms with E-state index < -0.39 is 10.0 Å². The van der Waals surface area contributed by atoms with Crippen LogP contribution in [0.4, 0.5) is 17.1 Å². The lowest BCUT2D eigenvalue weighted by Gasteiger charge is -2.30. The maximum Gasteiger partial charge on any atom is 0.261 e. The summed E-state index contributed by atoms with van der Waals surface area (Å²) in [6.45, 7) is 3.47. The largest absolute Gasteiger partial charge is 0.397 e. The van der Waals surface area contributed by atoms with Gasteiger partial charge in [0.15, 0.2) is 0 Å². The molecule has 1 saturated heterocycles. The summed E-state index contributed by atoms with van der Waals surface area (Å²) in [7, 11) is -3.60. The Morgan fingerprint density at radius 3 is 2.43 bits per heavy atom. The molecule has 0 unspecified atom stereocenters. The Morgan fingerprint density at radius 2 is 1.74 bits per heavy atom. The first-order valence-corrected chi connectivity index (χ1v) is 8.98. The van der Waals surface area contributed by atoms with Crippen molar-refractivity contribution in [3.63, 3.8) is 0 Å². The molecule has 0 amide bonds. The second kappa shape index (κ2) is 6.47. The van der Waals surface area contributed by atoms with E-state index in [4.69, 9.17) is 5.73 Å². The molecule has 1 aliphatic rings. The van der Waals surface area contributed by atoms with E-state index in [1.54, 1.807) is 48.5 Å². The lowest BCUT2D eigenvalue weighted by molar-refractivity contribution is 0.589. The van der Waals surface area contributed by atoms with Crippen LogP contribution in [-0.4, -0.2) is 34.6 Å². The number of rotatable bonds is 4. The number of nitrogens with two attached hydrogens (primary N) is 1. The van der Waals surface area contributed by atoms with E-state index >= 15 is 0 Å². The van der Waals surface area contributed by atoms with Crippen molar-refractivity contribution < 1.29 is 8.42 Å². The summed E-state index contributed by atoms with van der Waals surface area (Å²) in [5.41, 5.74) is 8.08. The number of nitrogens with zero attached hydrogens (tertiary/aromatic N) is 1. The van der Waals surface area contributed by atoms with Crippen molar-refractivity contribution in [2.24, 2.45) is 0 Å². The van der Waals surface area contributed by atoms with Crippen LogP contribution < -0.4 is 20.7 Å². The standard InChI is InChI=1S/C16H20N4O2S/c17-15-7-6-13(12-16(15)20-10-8-18-9-11-20)19-23(21,22)14-4-2-1-3-5-14/h1-7,12,18-19H,8-11,17H2. The molecule has 1 heterocycles. The molecular weight excluding hydrogens is 312 g/mol. The van der Waals surface area contributed by atoms with Gasteiger partial charge in [0.25, 0.3) is 10.0 Å². The van der Waals surface area contributed by atoms with Crippen LogP contribution in [0.5, 0.6) is 0 Å². The number of benzene rings is 2. The Hall–Kier alpha value is -2.25. The topological polar surface area (TPSA) is 87.5 Å². The maximum absolute atomic E-state index is 12.4. The summed E-state index contributed by atoms with van der Waals surface area (Å²) in [6.07, 6.45) is 0. The second-order valence-electron chi connectivity index (χ2n) is 5.43. The van der Waals surface area contributed by atoms with Crippen LogP contribution in [0, 0.1) is 0 Å². The van der Waals surface area contributed by atoms with Gasteiger partial charge < -0.3 is 16.0 Å². The summed E-state index contributed by atoms with van der Waals surface area (Å²) >= 11 is 0. The molecular formula is C16H20N4O2S. The fraction of sp³-hybridized carbons (Fsp3) is 0.250. The number of hydrogen-bond acceptors (Lipinski definition) is 5. The minimum Gasteiger partial charge on any atom is -0.397 e. The van der Waals surface area contributed by atoms with Crippen LogP contribution >= 0.6 is 0 Å². The molecule has 0 radical (unpaired) electrons. The van der Waals surface area contributed by atoms with Crippen molar-refractivity contribution in [2.75, 3.05) is 41.5 Å². The van der Waals surface area contributed by atoms with Crippen LogP contribution in [0.3, 0.4) is 0 Å². The van der Waals surface area contributed by atoms with Gasteiger partial charge in [-0.05, 0) is 30.3 Å². The van der Waals surface area contributed by atoms with Gasteiger partial charge in [-0.25, -0.2) is 8.42 Å². The molecule has 7 heteroatoms. The average Bonchev–Trinajstić information content (AvgIpc) is 2.58. The van der Waals surface area contributed by atoms with E-state index in [1.807, 2.05) is 0 Å². The van der Waals surface area contributed by atoms with E-state index in [0.29, 0.717) is 11.4 Å². The highest BCUT2D eigenvalue weighted by Crippen LogP contribution is 2.28. The molecule has 4 N–H and O–H groups in total. The van der Waals surface area contributed by atoms with E-state index in [2.05, 4.69) is 14.9 Å². The Balaban J connectivity index is 1.86. The predicted octanol–water partition coefficient (Wildman–Crippen LogP) is 1.48. The van der Waals surface area contributed by atoms with E-state index in [1.165, 1.54) is 0 Å². The van der Waals surface area contributed by atoms with Crippen LogP contribution in [0.1, 0.15) is 0 Å². The number of hydrogen-bond donors (Lipinski definition) is 3.